The summed E-state index contributed by atoms with van der Waals surface area (Å²) in [5.41, 5.74) is 10.0. The Labute approximate surface area is 83.4 Å². The Kier molecular flexibility index (Phi) is 3.60. The van der Waals surface area contributed by atoms with Crippen molar-refractivity contribution in [1.29, 1.82) is 0 Å². The highest BCUT2D eigenvalue weighted by molar-refractivity contribution is 5.49. The monoisotopic (exact) mass is 185 g/mol. The van der Waals surface area contributed by atoms with Crippen molar-refractivity contribution < 1.29 is 0 Å². The summed E-state index contributed by atoms with van der Waals surface area (Å²) < 4.78 is 0. The molecule has 14 heavy (non-hydrogen) atoms. The van der Waals surface area contributed by atoms with Gasteiger partial charge in [0.15, 0.2) is 0 Å². The molecular formula is C11H11N3. The molecule has 0 saturated heterocycles. The molecule has 0 radical (unpaired) electrons. The standard InChI is InChI=1S/C11H11N3/c1-3-6-9(2)10-7-4-5-8-11(10)13-14-12/h4-5,7-9H,1-2H3. The molecule has 0 bridgehead atoms. The Bertz CT molecular complexity index is 420. The molecule has 1 aromatic carbocycles. The lowest BCUT2D eigenvalue weighted by Crippen LogP contribution is -1.89. The van der Waals surface area contributed by atoms with Crippen molar-refractivity contribution in [3.8, 4) is 11.8 Å². The van der Waals surface area contributed by atoms with Crippen molar-refractivity contribution in [3.63, 3.8) is 0 Å². The van der Waals surface area contributed by atoms with Crippen molar-refractivity contribution in [3.05, 3.63) is 40.3 Å². The van der Waals surface area contributed by atoms with Crippen LogP contribution in [0.1, 0.15) is 25.3 Å². The number of azide groups is 1. The Morgan fingerprint density at radius 1 is 1.43 bits per heavy atom. The fourth-order valence-corrected chi connectivity index (χ4v) is 1.29. The van der Waals surface area contributed by atoms with Crippen molar-refractivity contribution >= 4 is 5.69 Å². The smallest absolute Gasteiger partial charge is 0.0428 e. The van der Waals surface area contributed by atoms with Gasteiger partial charge in [-0.25, -0.2) is 0 Å². The van der Waals surface area contributed by atoms with E-state index in [1.165, 1.54) is 0 Å². The van der Waals surface area contributed by atoms with E-state index >= 15 is 0 Å². The number of benzene rings is 1. The highest BCUT2D eigenvalue weighted by Crippen LogP contribution is 2.26. The Balaban J connectivity index is 3.16. The van der Waals surface area contributed by atoms with Gasteiger partial charge in [-0.15, -0.1) is 5.92 Å². The molecular weight excluding hydrogens is 174 g/mol. The van der Waals surface area contributed by atoms with Crippen LogP contribution in [0.3, 0.4) is 0 Å². The molecule has 0 aliphatic heterocycles. The minimum atomic E-state index is 0.0988. The van der Waals surface area contributed by atoms with Crippen molar-refractivity contribution in [1.82, 2.24) is 0 Å². The van der Waals surface area contributed by atoms with Crippen LogP contribution in [0.25, 0.3) is 10.4 Å². The van der Waals surface area contributed by atoms with Crippen LogP contribution in [-0.4, -0.2) is 0 Å². The van der Waals surface area contributed by atoms with E-state index in [4.69, 9.17) is 5.53 Å². The van der Waals surface area contributed by atoms with Gasteiger partial charge in [-0.1, -0.05) is 35.3 Å². The number of hydrogen-bond acceptors (Lipinski definition) is 1. The second-order valence-corrected chi connectivity index (χ2v) is 2.86. The van der Waals surface area contributed by atoms with Crippen molar-refractivity contribution in [2.75, 3.05) is 0 Å². The van der Waals surface area contributed by atoms with Gasteiger partial charge in [0.05, 0.1) is 0 Å². The first kappa shape index (κ1) is 10.2. The predicted molar refractivity (Wildman–Crippen MR) is 57.1 cm³/mol. The van der Waals surface area contributed by atoms with Gasteiger partial charge in [-0.2, -0.15) is 0 Å². The van der Waals surface area contributed by atoms with E-state index in [1.54, 1.807) is 13.0 Å². The zero-order valence-electron chi connectivity index (χ0n) is 8.23. The second-order valence-electron chi connectivity index (χ2n) is 2.86. The maximum atomic E-state index is 8.38. The van der Waals surface area contributed by atoms with Gasteiger partial charge in [0.2, 0.25) is 0 Å². The summed E-state index contributed by atoms with van der Waals surface area (Å²) in [7, 11) is 0. The maximum absolute atomic E-state index is 8.38. The van der Waals surface area contributed by atoms with Crippen LogP contribution in [0.4, 0.5) is 5.69 Å². The number of hydrogen-bond donors (Lipinski definition) is 0. The lowest BCUT2D eigenvalue weighted by atomic mass is 10.0. The molecule has 0 aliphatic rings. The third-order valence-electron chi connectivity index (χ3n) is 1.92. The van der Waals surface area contributed by atoms with Gasteiger partial charge < -0.3 is 0 Å². The van der Waals surface area contributed by atoms with Crippen molar-refractivity contribution in [2.45, 2.75) is 19.8 Å². The van der Waals surface area contributed by atoms with E-state index in [0.29, 0.717) is 5.69 Å². The molecule has 70 valence electrons. The normalized spacial score (nSPS) is 10.7. The first-order chi connectivity index (χ1) is 6.79. The molecule has 1 atom stereocenters. The lowest BCUT2D eigenvalue weighted by Gasteiger charge is -2.06. The van der Waals surface area contributed by atoms with E-state index in [-0.39, 0.29) is 5.92 Å². The molecule has 3 nitrogen and oxygen atoms in total. The average molecular weight is 185 g/mol. The van der Waals surface area contributed by atoms with E-state index in [9.17, 15) is 0 Å². The van der Waals surface area contributed by atoms with Crippen LogP contribution in [0.15, 0.2) is 29.4 Å². The van der Waals surface area contributed by atoms with Gasteiger partial charge in [-0.3, -0.25) is 0 Å². The first-order valence-electron chi connectivity index (χ1n) is 4.36. The highest BCUT2D eigenvalue weighted by atomic mass is 15.1. The fourth-order valence-electron chi connectivity index (χ4n) is 1.29. The molecule has 0 aliphatic carbocycles. The van der Waals surface area contributed by atoms with Gasteiger partial charge >= 0.3 is 0 Å². The molecule has 0 saturated carbocycles. The van der Waals surface area contributed by atoms with Crippen LogP contribution < -0.4 is 0 Å². The van der Waals surface area contributed by atoms with Gasteiger partial charge in [0.1, 0.15) is 0 Å². The third kappa shape index (κ3) is 2.29. The molecule has 0 N–H and O–H groups in total. The first-order valence-corrected chi connectivity index (χ1v) is 4.36. The number of rotatable bonds is 2. The molecule has 0 heterocycles. The molecule has 3 heteroatoms. The summed E-state index contributed by atoms with van der Waals surface area (Å²) in [6.45, 7) is 3.79. The minimum Gasteiger partial charge on any atom is -0.106 e. The largest absolute Gasteiger partial charge is 0.106 e. The maximum Gasteiger partial charge on any atom is 0.0428 e. The zero-order chi connectivity index (χ0) is 10.4. The lowest BCUT2D eigenvalue weighted by molar-refractivity contribution is 1.00. The topological polar surface area (TPSA) is 48.8 Å². The number of nitrogens with zero attached hydrogens (tertiary/aromatic N) is 3. The van der Waals surface area contributed by atoms with E-state index < -0.39 is 0 Å². The van der Waals surface area contributed by atoms with Gasteiger partial charge in [0, 0.05) is 16.5 Å². The Morgan fingerprint density at radius 3 is 2.79 bits per heavy atom. The van der Waals surface area contributed by atoms with Crippen LogP contribution in [-0.2, 0) is 0 Å². The molecule has 1 rings (SSSR count). The SMILES string of the molecule is CC#CC(C)c1ccccc1N=[N+]=[N-]. The second kappa shape index (κ2) is 4.96. The molecule has 0 fully saturated rings. The fraction of sp³-hybridized carbons (Fsp3) is 0.273. The molecule has 0 spiro atoms. The van der Waals surface area contributed by atoms with E-state index in [0.717, 1.165) is 5.56 Å². The predicted octanol–water partition coefficient (Wildman–Crippen LogP) is 3.76. The average Bonchev–Trinajstić information content (AvgIpc) is 2.19. The van der Waals surface area contributed by atoms with Crippen LogP contribution in [0, 0.1) is 11.8 Å². The summed E-state index contributed by atoms with van der Waals surface area (Å²) in [6.07, 6.45) is 0. The van der Waals surface area contributed by atoms with E-state index in [1.807, 2.05) is 25.1 Å². The van der Waals surface area contributed by atoms with Crippen LogP contribution in [0.2, 0.25) is 0 Å². The Morgan fingerprint density at radius 2 is 2.14 bits per heavy atom. The van der Waals surface area contributed by atoms with Crippen LogP contribution >= 0.6 is 0 Å². The zero-order valence-corrected chi connectivity index (χ0v) is 8.23. The molecule has 0 amide bonds. The van der Waals surface area contributed by atoms with Gasteiger partial charge in [0.25, 0.3) is 0 Å². The summed E-state index contributed by atoms with van der Waals surface area (Å²) >= 11 is 0. The summed E-state index contributed by atoms with van der Waals surface area (Å²) in [5, 5.41) is 3.62. The molecule has 1 aromatic rings. The Hall–Kier alpha value is -1.91. The molecule has 1 unspecified atom stereocenters. The highest BCUT2D eigenvalue weighted by Gasteiger charge is 2.05. The van der Waals surface area contributed by atoms with Crippen molar-refractivity contribution in [2.24, 2.45) is 5.11 Å². The summed E-state index contributed by atoms with van der Waals surface area (Å²) in [4.78, 5) is 2.79. The third-order valence-corrected chi connectivity index (χ3v) is 1.92. The van der Waals surface area contributed by atoms with Crippen LogP contribution in [0.5, 0.6) is 0 Å². The van der Waals surface area contributed by atoms with Gasteiger partial charge in [-0.05, 0) is 24.9 Å². The summed E-state index contributed by atoms with van der Waals surface area (Å²) in [5.74, 6) is 5.98. The molecule has 0 aromatic heterocycles. The summed E-state index contributed by atoms with van der Waals surface area (Å²) in [6, 6.07) is 7.49. The van der Waals surface area contributed by atoms with E-state index in [2.05, 4.69) is 21.9 Å². The minimum absolute atomic E-state index is 0.0988. The quantitative estimate of drug-likeness (QED) is 0.291.